The van der Waals surface area contributed by atoms with Crippen molar-refractivity contribution in [3.05, 3.63) is 64.7 Å². The van der Waals surface area contributed by atoms with E-state index in [0.29, 0.717) is 5.06 Å². The summed E-state index contributed by atoms with van der Waals surface area (Å²) in [5, 5.41) is 0.358. The van der Waals surface area contributed by atoms with Gasteiger partial charge in [-0.25, -0.2) is 0 Å². The summed E-state index contributed by atoms with van der Waals surface area (Å²) in [5.74, 6) is -0.851. The second-order valence-electron chi connectivity index (χ2n) is 8.48. The summed E-state index contributed by atoms with van der Waals surface area (Å²) in [6.45, 7) is 6.08. The molecule has 156 valence electrons. The highest BCUT2D eigenvalue weighted by atomic mass is 19.4. The maximum atomic E-state index is 13.1. The first kappa shape index (κ1) is 21.4. The van der Waals surface area contributed by atoms with Crippen LogP contribution in [0.2, 0.25) is 0 Å². The number of carbonyl (C=O) groups excluding carboxylic acids is 1. The zero-order valence-electron chi connectivity index (χ0n) is 17.0. The quantitative estimate of drug-likeness (QED) is 0.440. The number of hydrogen-bond acceptors (Lipinski definition) is 2. The molecule has 6 heteroatoms. The van der Waals surface area contributed by atoms with Gasteiger partial charge in [-0.1, -0.05) is 45.4 Å². The number of alkyl halides is 3. The van der Waals surface area contributed by atoms with Crippen LogP contribution >= 0.6 is 0 Å². The molecule has 0 spiro atoms. The molecule has 0 aromatic heterocycles. The molecule has 0 radical (unpaired) electrons. The highest BCUT2D eigenvalue weighted by Gasteiger charge is 2.37. The minimum Gasteiger partial charge on any atom is -0.266 e. The van der Waals surface area contributed by atoms with E-state index in [-0.39, 0.29) is 16.7 Å². The number of hydrogen-bond donors (Lipinski definition) is 0. The zero-order chi connectivity index (χ0) is 21.2. The summed E-state index contributed by atoms with van der Waals surface area (Å²) in [4.78, 5) is 17.1. The first-order chi connectivity index (χ1) is 13.5. The number of hydroxylamine groups is 1. The van der Waals surface area contributed by atoms with Gasteiger partial charge in [0.15, 0.2) is 0 Å². The van der Waals surface area contributed by atoms with Gasteiger partial charge >= 0.3 is 6.36 Å². The summed E-state index contributed by atoms with van der Waals surface area (Å²) in [6, 6.07) is 11.6. The zero-order valence-corrected chi connectivity index (χ0v) is 17.0. The Morgan fingerprint density at radius 3 is 2.10 bits per heavy atom. The van der Waals surface area contributed by atoms with Crippen molar-refractivity contribution >= 4 is 11.6 Å². The molecule has 0 N–H and O–H groups in total. The van der Waals surface area contributed by atoms with Gasteiger partial charge in [0.1, 0.15) is 0 Å². The Labute approximate surface area is 169 Å². The van der Waals surface area contributed by atoms with Crippen molar-refractivity contribution in [1.82, 2.24) is 0 Å². The second kappa shape index (κ2) is 8.19. The van der Waals surface area contributed by atoms with Gasteiger partial charge in [-0.15, -0.1) is 13.2 Å². The molecule has 0 aliphatic heterocycles. The van der Waals surface area contributed by atoms with Crippen molar-refractivity contribution in [3.63, 3.8) is 0 Å². The van der Waals surface area contributed by atoms with E-state index in [9.17, 15) is 18.0 Å². The molecule has 0 atom stereocenters. The Morgan fingerprint density at radius 1 is 0.897 bits per heavy atom. The van der Waals surface area contributed by atoms with E-state index in [1.54, 1.807) is 36.4 Å². The number of benzene rings is 2. The minimum atomic E-state index is -4.98. The molecule has 0 fully saturated rings. The molecule has 3 nitrogen and oxygen atoms in total. The molecule has 1 aliphatic rings. The molecule has 0 unspecified atom stereocenters. The summed E-state index contributed by atoms with van der Waals surface area (Å²) in [5.41, 5.74) is 3.19. The van der Waals surface area contributed by atoms with Gasteiger partial charge in [0, 0.05) is 5.56 Å². The molecule has 3 rings (SSSR count). The molecule has 0 saturated carbocycles. The van der Waals surface area contributed by atoms with Crippen LogP contribution in [-0.4, -0.2) is 12.3 Å². The SMILES string of the molecule is CC(C)(C)c1ccc(C(=O)N(OC(F)(F)F)c2ccc3c(c2)CCCCC3)cc1. The summed E-state index contributed by atoms with van der Waals surface area (Å²) in [6.07, 6.45) is -0.151. The second-order valence-corrected chi connectivity index (χ2v) is 8.48. The van der Waals surface area contributed by atoms with Crippen LogP contribution in [0.3, 0.4) is 0 Å². The predicted molar refractivity (Wildman–Crippen MR) is 107 cm³/mol. The number of aryl methyl sites for hydroxylation is 2. The number of nitrogens with zero attached hydrogens (tertiary/aromatic N) is 1. The summed E-state index contributed by atoms with van der Waals surface area (Å²) >= 11 is 0. The van der Waals surface area contributed by atoms with E-state index in [4.69, 9.17) is 0 Å². The van der Waals surface area contributed by atoms with E-state index < -0.39 is 12.3 Å². The van der Waals surface area contributed by atoms with Gasteiger partial charge < -0.3 is 0 Å². The van der Waals surface area contributed by atoms with E-state index in [1.165, 1.54) is 6.07 Å². The Kier molecular flexibility index (Phi) is 6.03. The van der Waals surface area contributed by atoms with Gasteiger partial charge in [-0.2, -0.15) is 9.90 Å². The van der Waals surface area contributed by atoms with Gasteiger partial charge in [0.25, 0.3) is 5.91 Å². The lowest BCUT2D eigenvalue weighted by molar-refractivity contribution is -0.325. The minimum absolute atomic E-state index is 0.0906. The highest BCUT2D eigenvalue weighted by Crippen LogP contribution is 2.30. The van der Waals surface area contributed by atoms with E-state index in [1.807, 2.05) is 20.8 Å². The highest BCUT2D eigenvalue weighted by molar-refractivity contribution is 6.04. The summed E-state index contributed by atoms with van der Waals surface area (Å²) < 4.78 is 39.2. The molecular weight excluding hydrogens is 379 g/mol. The fourth-order valence-corrected chi connectivity index (χ4v) is 3.57. The fraction of sp³-hybridized carbons (Fsp3) is 0.435. The third-order valence-electron chi connectivity index (χ3n) is 5.19. The molecule has 0 saturated heterocycles. The van der Waals surface area contributed by atoms with Crippen LogP contribution in [0.5, 0.6) is 0 Å². The number of rotatable bonds is 3. The predicted octanol–water partition coefficient (Wildman–Crippen LogP) is 6.35. The molecule has 1 aliphatic carbocycles. The Morgan fingerprint density at radius 2 is 1.52 bits per heavy atom. The summed E-state index contributed by atoms with van der Waals surface area (Å²) in [7, 11) is 0. The number of fused-ring (bicyclic) bond motifs is 1. The maximum absolute atomic E-state index is 13.1. The van der Waals surface area contributed by atoms with Crippen LogP contribution < -0.4 is 5.06 Å². The lowest BCUT2D eigenvalue weighted by atomic mass is 9.86. The molecule has 1 amide bonds. The van der Waals surface area contributed by atoms with Gasteiger partial charge in [-0.3, -0.25) is 4.79 Å². The molecule has 29 heavy (non-hydrogen) atoms. The standard InChI is InChI=1S/C23H26F3NO2/c1-22(2,3)19-12-9-17(10-13-19)21(28)27(29-23(24,25)26)20-14-11-16-7-5-4-6-8-18(16)15-20/h9-15H,4-8H2,1-3H3. The number of amides is 1. The van der Waals surface area contributed by atoms with Crippen LogP contribution in [0.4, 0.5) is 18.9 Å². The number of carbonyl (C=O) groups is 1. The van der Waals surface area contributed by atoms with Gasteiger partial charge in [-0.05, 0) is 72.1 Å². The maximum Gasteiger partial charge on any atom is 0.544 e. The topological polar surface area (TPSA) is 29.5 Å². The van der Waals surface area contributed by atoms with Gasteiger partial charge in [0.05, 0.1) is 5.69 Å². The monoisotopic (exact) mass is 405 g/mol. The van der Waals surface area contributed by atoms with Crippen molar-refractivity contribution < 1.29 is 22.8 Å². The molecule has 0 bridgehead atoms. The average Bonchev–Trinajstić information content (AvgIpc) is 2.89. The van der Waals surface area contributed by atoms with Crippen molar-refractivity contribution in [2.45, 2.75) is 64.7 Å². The normalized spacial score (nSPS) is 14.8. The molecule has 2 aromatic carbocycles. The van der Waals surface area contributed by atoms with Crippen molar-refractivity contribution in [1.29, 1.82) is 0 Å². The Hall–Kier alpha value is -2.34. The first-order valence-corrected chi connectivity index (χ1v) is 9.87. The number of halogens is 3. The average molecular weight is 405 g/mol. The Balaban J connectivity index is 1.95. The van der Waals surface area contributed by atoms with Crippen LogP contribution in [0.1, 0.15) is 67.1 Å². The molecule has 2 aromatic rings. The molecular formula is C23H26F3NO2. The lowest BCUT2D eigenvalue weighted by Gasteiger charge is -2.24. The third kappa shape index (κ3) is 5.38. The van der Waals surface area contributed by atoms with Gasteiger partial charge in [0.2, 0.25) is 0 Å². The Bertz CT molecular complexity index is 867. The van der Waals surface area contributed by atoms with Crippen LogP contribution in [0.15, 0.2) is 42.5 Å². The third-order valence-corrected chi connectivity index (χ3v) is 5.19. The largest absolute Gasteiger partial charge is 0.544 e. The van der Waals surface area contributed by atoms with Crippen molar-refractivity contribution in [2.75, 3.05) is 5.06 Å². The fourth-order valence-electron chi connectivity index (χ4n) is 3.57. The van der Waals surface area contributed by atoms with E-state index >= 15 is 0 Å². The van der Waals surface area contributed by atoms with Crippen LogP contribution in [0.25, 0.3) is 0 Å². The first-order valence-electron chi connectivity index (χ1n) is 9.87. The van der Waals surface area contributed by atoms with E-state index in [0.717, 1.165) is 48.8 Å². The van der Waals surface area contributed by atoms with Crippen molar-refractivity contribution in [2.24, 2.45) is 0 Å². The van der Waals surface area contributed by atoms with Crippen LogP contribution in [-0.2, 0) is 23.1 Å². The molecule has 0 heterocycles. The van der Waals surface area contributed by atoms with Crippen molar-refractivity contribution in [3.8, 4) is 0 Å². The lowest BCUT2D eigenvalue weighted by Crippen LogP contribution is -2.37. The number of anilines is 1. The van der Waals surface area contributed by atoms with E-state index in [2.05, 4.69) is 4.84 Å². The smallest absolute Gasteiger partial charge is 0.266 e. The van der Waals surface area contributed by atoms with Crippen LogP contribution in [0, 0.1) is 0 Å².